The predicted octanol–water partition coefficient (Wildman–Crippen LogP) is 3.89. The SMILES string of the molecule is C=C.CC.COc1cnn2cc(-c3nn(CCNC=O)c(CCC4CNC4)c3C)cc(OC(CO)c3ccc(F)cn3)c12. The van der Waals surface area contributed by atoms with E-state index in [1.807, 2.05) is 37.7 Å². The van der Waals surface area contributed by atoms with Gasteiger partial charge in [-0.25, -0.2) is 8.91 Å². The van der Waals surface area contributed by atoms with Gasteiger partial charge in [-0.1, -0.05) is 13.8 Å². The molecule has 1 atom stereocenters. The van der Waals surface area contributed by atoms with E-state index in [4.69, 9.17) is 14.6 Å². The molecule has 0 saturated carbocycles. The fraction of sp³-hybridized carbons (Fsp3) is 0.419. The lowest BCUT2D eigenvalue weighted by Gasteiger charge is -2.27. The number of aliphatic hydroxyl groups excluding tert-OH is 1. The monoisotopic (exact) mass is 595 g/mol. The maximum absolute atomic E-state index is 13.5. The molecule has 0 bridgehead atoms. The van der Waals surface area contributed by atoms with Crippen molar-refractivity contribution in [3.63, 3.8) is 0 Å². The number of rotatable bonds is 13. The van der Waals surface area contributed by atoms with Crippen molar-refractivity contribution in [3.8, 4) is 22.8 Å². The van der Waals surface area contributed by atoms with Crippen LogP contribution in [-0.2, 0) is 17.8 Å². The number of nitrogens with zero attached hydrogens (tertiary/aromatic N) is 5. The number of fused-ring (bicyclic) bond motifs is 1. The Bertz CT molecular complexity index is 1450. The minimum Gasteiger partial charge on any atom is -0.493 e. The van der Waals surface area contributed by atoms with Crippen molar-refractivity contribution in [2.45, 2.75) is 46.3 Å². The van der Waals surface area contributed by atoms with Crippen molar-refractivity contribution in [1.82, 2.24) is 35.0 Å². The van der Waals surface area contributed by atoms with Gasteiger partial charge in [-0.15, -0.1) is 13.2 Å². The number of pyridine rings is 2. The fourth-order valence-corrected chi connectivity index (χ4v) is 4.83. The molecule has 1 amide bonds. The van der Waals surface area contributed by atoms with Crippen LogP contribution in [0.3, 0.4) is 0 Å². The molecule has 4 aromatic heterocycles. The van der Waals surface area contributed by atoms with Gasteiger partial charge in [0.05, 0.1) is 44.0 Å². The molecule has 5 heterocycles. The molecule has 1 unspecified atom stereocenters. The first-order valence-corrected chi connectivity index (χ1v) is 14.4. The fourth-order valence-electron chi connectivity index (χ4n) is 4.83. The zero-order valence-corrected chi connectivity index (χ0v) is 25.3. The van der Waals surface area contributed by atoms with Gasteiger partial charge in [0.2, 0.25) is 6.41 Å². The summed E-state index contributed by atoms with van der Waals surface area (Å²) in [4.78, 5) is 14.9. The molecule has 0 spiro atoms. The second-order valence-electron chi connectivity index (χ2n) is 9.57. The van der Waals surface area contributed by atoms with Gasteiger partial charge in [-0.3, -0.25) is 14.5 Å². The highest BCUT2D eigenvalue weighted by Gasteiger charge is 2.24. The summed E-state index contributed by atoms with van der Waals surface area (Å²) in [6, 6.07) is 4.60. The Labute approximate surface area is 251 Å². The average Bonchev–Trinajstić information content (AvgIpc) is 3.58. The third-order valence-corrected chi connectivity index (χ3v) is 7.08. The molecule has 0 aliphatic carbocycles. The second-order valence-corrected chi connectivity index (χ2v) is 9.57. The van der Waals surface area contributed by atoms with Gasteiger partial charge in [0.15, 0.2) is 23.1 Å². The predicted molar refractivity (Wildman–Crippen MR) is 164 cm³/mol. The molecule has 1 fully saturated rings. The van der Waals surface area contributed by atoms with E-state index in [-0.39, 0.29) is 6.61 Å². The topological polar surface area (TPSA) is 128 Å². The van der Waals surface area contributed by atoms with E-state index < -0.39 is 11.9 Å². The molecule has 1 aliphatic rings. The summed E-state index contributed by atoms with van der Waals surface area (Å²) in [6.45, 7) is 14.7. The van der Waals surface area contributed by atoms with E-state index in [2.05, 4.69) is 33.9 Å². The number of aliphatic hydroxyl groups is 1. The van der Waals surface area contributed by atoms with Gasteiger partial charge < -0.3 is 25.2 Å². The maximum atomic E-state index is 13.5. The summed E-state index contributed by atoms with van der Waals surface area (Å²) in [5.74, 6) is 1.08. The largest absolute Gasteiger partial charge is 0.493 e. The lowest BCUT2D eigenvalue weighted by molar-refractivity contribution is -0.109. The Balaban J connectivity index is 0.00000121. The molecular formula is C31H42FN7O4. The van der Waals surface area contributed by atoms with E-state index in [1.54, 1.807) is 17.8 Å². The number of amides is 1. The summed E-state index contributed by atoms with van der Waals surface area (Å²) in [7, 11) is 1.54. The van der Waals surface area contributed by atoms with Crippen LogP contribution < -0.4 is 20.1 Å². The van der Waals surface area contributed by atoms with Crippen molar-refractivity contribution in [3.05, 3.63) is 72.7 Å². The van der Waals surface area contributed by atoms with Gasteiger partial charge >= 0.3 is 0 Å². The third-order valence-electron chi connectivity index (χ3n) is 7.08. The molecule has 11 nitrogen and oxygen atoms in total. The molecule has 0 aromatic carbocycles. The van der Waals surface area contributed by atoms with E-state index in [9.17, 15) is 14.3 Å². The summed E-state index contributed by atoms with van der Waals surface area (Å²) >= 11 is 0. The lowest BCUT2D eigenvalue weighted by atomic mass is 9.95. The first-order chi connectivity index (χ1) is 21.0. The molecule has 5 rings (SSSR count). The molecule has 1 saturated heterocycles. The Morgan fingerprint density at radius 3 is 2.63 bits per heavy atom. The number of hydrogen-bond acceptors (Lipinski definition) is 8. The number of aromatic nitrogens is 5. The normalized spacial score (nSPS) is 13.2. The van der Waals surface area contributed by atoms with Crippen molar-refractivity contribution in [2.75, 3.05) is 33.4 Å². The number of carbonyl (C=O) groups excluding carboxylic acids is 1. The summed E-state index contributed by atoms with van der Waals surface area (Å²) in [5, 5.41) is 25.5. The van der Waals surface area contributed by atoms with Gasteiger partial charge in [-0.2, -0.15) is 10.2 Å². The minimum absolute atomic E-state index is 0.372. The van der Waals surface area contributed by atoms with Crippen LogP contribution in [0.25, 0.3) is 16.8 Å². The van der Waals surface area contributed by atoms with Gasteiger partial charge in [0.25, 0.3) is 0 Å². The highest BCUT2D eigenvalue weighted by atomic mass is 19.1. The van der Waals surface area contributed by atoms with Crippen molar-refractivity contribution in [2.24, 2.45) is 5.92 Å². The molecular weight excluding hydrogens is 553 g/mol. The number of methoxy groups -OCH3 is 1. The lowest BCUT2D eigenvalue weighted by Crippen LogP contribution is -2.42. The average molecular weight is 596 g/mol. The molecule has 12 heteroatoms. The number of hydrogen-bond donors (Lipinski definition) is 3. The second kappa shape index (κ2) is 16.4. The molecule has 4 aromatic rings. The van der Waals surface area contributed by atoms with Crippen LogP contribution in [0.4, 0.5) is 4.39 Å². The zero-order chi connectivity index (χ0) is 31.4. The van der Waals surface area contributed by atoms with Crippen molar-refractivity contribution >= 4 is 11.9 Å². The zero-order valence-electron chi connectivity index (χ0n) is 25.3. The molecule has 43 heavy (non-hydrogen) atoms. The minimum atomic E-state index is -0.844. The number of nitrogens with one attached hydrogen (secondary N) is 2. The highest BCUT2D eigenvalue weighted by molar-refractivity contribution is 5.75. The van der Waals surface area contributed by atoms with E-state index in [0.29, 0.717) is 48.1 Å². The van der Waals surface area contributed by atoms with Crippen LogP contribution in [0.15, 0.2) is 49.9 Å². The summed E-state index contributed by atoms with van der Waals surface area (Å²) in [5.41, 5.74) is 4.65. The van der Waals surface area contributed by atoms with Crippen LogP contribution in [-0.4, -0.2) is 69.2 Å². The van der Waals surface area contributed by atoms with Gasteiger partial charge in [0, 0.05) is 24.0 Å². The van der Waals surface area contributed by atoms with Crippen molar-refractivity contribution in [1.29, 1.82) is 0 Å². The van der Waals surface area contributed by atoms with E-state index >= 15 is 0 Å². The summed E-state index contributed by atoms with van der Waals surface area (Å²) in [6.07, 6.45) is 6.30. The van der Waals surface area contributed by atoms with Crippen LogP contribution >= 0.6 is 0 Å². The quantitative estimate of drug-likeness (QED) is 0.121. The molecule has 3 N–H and O–H groups in total. The standard InChI is InChI=1S/C27H32FN7O4.C2H6.C2H4/c1-17-22(6-3-18-10-30-11-18)34(8-7-29-16-37)33-26(17)19-9-23(27-24(38-2)13-32-35(27)14-19)39-25(15-36)21-5-4-20(28)12-31-21;2*1-2/h4-5,9,12-14,16,18,25,30,36H,3,6-8,10-11,15H2,1-2H3,(H,29,37);1-2H3;1-2H2. The van der Waals surface area contributed by atoms with Crippen molar-refractivity contribution < 1.29 is 23.8 Å². The van der Waals surface area contributed by atoms with Crippen LogP contribution in [0.2, 0.25) is 0 Å². The Morgan fingerprint density at radius 1 is 1.26 bits per heavy atom. The molecule has 0 radical (unpaired) electrons. The first-order valence-electron chi connectivity index (χ1n) is 14.4. The van der Waals surface area contributed by atoms with Crippen LogP contribution in [0.5, 0.6) is 11.5 Å². The molecule has 232 valence electrons. The number of carbonyl (C=O) groups is 1. The van der Waals surface area contributed by atoms with Crippen LogP contribution in [0, 0.1) is 18.7 Å². The van der Waals surface area contributed by atoms with E-state index in [1.165, 1.54) is 12.1 Å². The Hall–Kier alpha value is -4.29. The van der Waals surface area contributed by atoms with Gasteiger partial charge in [-0.05, 0) is 62.5 Å². The maximum Gasteiger partial charge on any atom is 0.207 e. The first kappa shape index (κ1) is 33.2. The van der Waals surface area contributed by atoms with Gasteiger partial charge in [0.1, 0.15) is 5.82 Å². The number of ether oxygens (including phenoxy) is 2. The molecule has 1 aliphatic heterocycles. The van der Waals surface area contributed by atoms with E-state index in [0.717, 1.165) is 54.6 Å². The Kier molecular flexibility index (Phi) is 12.6. The third kappa shape index (κ3) is 7.76. The van der Waals surface area contributed by atoms with Crippen LogP contribution in [0.1, 0.15) is 43.3 Å². The smallest absolute Gasteiger partial charge is 0.207 e. The number of halogens is 1. The Morgan fingerprint density at radius 2 is 2.02 bits per heavy atom. The highest BCUT2D eigenvalue weighted by Crippen LogP contribution is 2.37. The summed E-state index contributed by atoms with van der Waals surface area (Å²) < 4.78 is 28.8.